The van der Waals surface area contributed by atoms with Gasteiger partial charge in [-0.2, -0.15) is 8.42 Å². The number of aliphatic hydroxyl groups is 2. The standard InChI is InChI=1S/C5H10O2.C2H4O2.CH4O3S/c6-4-2-1-3-5-7;1-2(3)4;1-5(2,3)4/h1-2,6-7H,3-5H2;1H3,(H,3,4);1H3,(H,2,3,4). The highest BCUT2D eigenvalue weighted by atomic mass is 32.2. The van der Waals surface area contributed by atoms with Gasteiger partial charge >= 0.3 is 0 Å². The maximum atomic E-state index is 9.19. The topological polar surface area (TPSA) is 132 Å². The maximum Gasteiger partial charge on any atom is 0.300 e. The summed E-state index contributed by atoms with van der Waals surface area (Å²) in [5.74, 6) is -0.833. The van der Waals surface area contributed by atoms with Gasteiger partial charge in [0.2, 0.25) is 0 Å². The van der Waals surface area contributed by atoms with Crippen LogP contribution in [0.1, 0.15) is 13.3 Å². The van der Waals surface area contributed by atoms with Crippen molar-refractivity contribution >= 4 is 16.1 Å². The van der Waals surface area contributed by atoms with Crippen LogP contribution in [-0.4, -0.2) is 53.7 Å². The fourth-order valence-electron chi connectivity index (χ4n) is 0.267. The van der Waals surface area contributed by atoms with Crippen LogP contribution in [0.4, 0.5) is 0 Å². The van der Waals surface area contributed by atoms with E-state index >= 15 is 0 Å². The van der Waals surface area contributed by atoms with Gasteiger partial charge in [0.15, 0.2) is 0 Å². The molecular weight excluding hydrogens is 240 g/mol. The van der Waals surface area contributed by atoms with Gasteiger partial charge in [-0.3, -0.25) is 9.35 Å². The predicted molar refractivity (Wildman–Crippen MR) is 58.7 cm³/mol. The molecule has 0 fully saturated rings. The Hall–Kier alpha value is -0.960. The predicted octanol–water partition coefficient (Wildman–Crippen LogP) is -0.488. The largest absolute Gasteiger partial charge is 0.481 e. The molecule has 0 amide bonds. The van der Waals surface area contributed by atoms with E-state index in [0.29, 0.717) is 12.7 Å². The van der Waals surface area contributed by atoms with Crippen molar-refractivity contribution < 1.29 is 33.1 Å². The molecule has 0 bridgehead atoms. The fraction of sp³-hybridized carbons (Fsp3) is 0.625. The molecule has 0 aliphatic carbocycles. The van der Waals surface area contributed by atoms with E-state index in [1.165, 1.54) is 0 Å². The van der Waals surface area contributed by atoms with Crippen molar-refractivity contribution in [2.75, 3.05) is 19.5 Å². The SMILES string of the molecule is CC(=O)O.CS(=O)(=O)O.OCC=CCCO. The zero-order chi connectivity index (χ0) is 13.6. The van der Waals surface area contributed by atoms with Gasteiger partial charge in [-0.1, -0.05) is 12.2 Å². The number of aliphatic carboxylic acids is 1. The number of carboxylic acids is 1. The summed E-state index contributed by atoms with van der Waals surface area (Å²) in [5.41, 5.74) is 0. The molecule has 98 valence electrons. The minimum absolute atomic E-state index is 0.0694. The van der Waals surface area contributed by atoms with E-state index in [2.05, 4.69) is 0 Å². The molecule has 0 saturated heterocycles. The molecule has 0 aromatic rings. The van der Waals surface area contributed by atoms with E-state index in [9.17, 15) is 8.42 Å². The van der Waals surface area contributed by atoms with Gasteiger partial charge in [-0.15, -0.1) is 0 Å². The van der Waals surface area contributed by atoms with Crippen molar-refractivity contribution in [3.63, 3.8) is 0 Å². The lowest BCUT2D eigenvalue weighted by molar-refractivity contribution is -0.134. The lowest BCUT2D eigenvalue weighted by atomic mass is 10.4. The number of aliphatic hydroxyl groups excluding tert-OH is 2. The quantitative estimate of drug-likeness (QED) is 0.396. The first-order valence-corrected chi connectivity index (χ1v) is 5.98. The van der Waals surface area contributed by atoms with Gasteiger partial charge in [0.1, 0.15) is 0 Å². The molecule has 0 aromatic heterocycles. The first kappa shape index (κ1) is 20.5. The van der Waals surface area contributed by atoms with Crippen LogP contribution in [0, 0.1) is 0 Å². The van der Waals surface area contributed by atoms with Crippen LogP contribution < -0.4 is 0 Å². The van der Waals surface area contributed by atoms with Gasteiger partial charge in [0.05, 0.1) is 12.9 Å². The Morgan fingerprint density at radius 2 is 1.56 bits per heavy atom. The molecule has 0 aliphatic rings. The third kappa shape index (κ3) is 205. The average Bonchev–Trinajstić information content (AvgIpc) is 2.01. The molecule has 0 rings (SSSR count). The molecule has 0 heterocycles. The highest BCUT2D eigenvalue weighted by Crippen LogP contribution is 1.76. The van der Waals surface area contributed by atoms with Gasteiger partial charge in [0, 0.05) is 13.5 Å². The molecule has 16 heavy (non-hydrogen) atoms. The van der Waals surface area contributed by atoms with E-state index in [4.69, 9.17) is 24.7 Å². The molecule has 0 atom stereocenters. The minimum Gasteiger partial charge on any atom is -0.481 e. The van der Waals surface area contributed by atoms with Crippen LogP contribution in [0.5, 0.6) is 0 Å². The van der Waals surface area contributed by atoms with E-state index < -0.39 is 16.1 Å². The summed E-state index contributed by atoms with van der Waals surface area (Å²) >= 11 is 0. The molecule has 7 nitrogen and oxygen atoms in total. The van der Waals surface area contributed by atoms with Gasteiger partial charge in [-0.05, 0) is 6.42 Å². The van der Waals surface area contributed by atoms with Crippen LogP contribution in [0.25, 0.3) is 0 Å². The van der Waals surface area contributed by atoms with E-state index in [1.807, 2.05) is 0 Å². The van der Waals surface area contributed by atoms with Gasteiger partial charge < -0.3 is 15.3 Å². The van der Waals surface area contributed by atoms with E-state index in [-0.39, 0.29) is 13.2 Å². The number of carbonyl (C=O) groups is 1. The Kier molecular flexibility index (Phi) is 17.9. The molecule has 0 aliphatic heterocycles. The van der Waals surface area contributed by atoms with Crippen LogP contribution in [0.15, 0.2) is 12.2 Å². The Morgan fingerprint density at radius 3 is 1.75 bits per heavy atom. The van der Waals surface area contributed by atoms with E-state index in [0.717, 1.165) is 6.92 Å². The maximum absolute atomic E-state index is 9.19. The molecule has 0 spiro atoms. The lowest BCUT2D eigenvalue weighted by Gasteiger charge is -1.79. The first-order valence-electron chi connectivity index (χ1n) is 4.13. The summed E-state index contributed by atoms with van der Waals surface area (Å²) in [6.45, 7) is 1.32. The average molecular weight is 258 g/mol. The second kappa shape index (κ2) is 14.0. The summed E-state index contributed by atoms with van der Waals surface area (Å²) in [7, 11) is -3.67. The van der Waals surface area contributed by atoms with Crippen molar-refractivity contribution in [1.29, 1.82) is 0 Å². The number of rotatable bonds is 3. The highest BCUT2D eigenvalue weighted by Gasteiger charge is 1.81. The highest BCUT2D eigenvalue weighted by molar-refractivity contribution is 7.85. The summed E-state index contributed by atoms with van der Waals surface area (Å²) in [5, 5.41) is 23.7. The third-order valence-corrected chi connectivity index (χ3v) is 0.568. The van der Waals surface area contributed by atoms with Crippen molar-refractivity contribution in [1.82, 2.24) is 0 Å². The molecule has 4 N–H and O–H groups in total. The van der Waals surface area contributed by atoms with Crippen molar-refractivity contribution in [3.8, 4) is 0 Å². The second-order valence-corrected chi connectivity index (χ2v) is 3.88. The van der Waals surface area contributed by atoms with E-state index in [1.54, 1.807) is 12.2 Å². The minimum atomic E-state index is -3.67. The van der Waals surface area contributed by atoms with Crippen molar-refractivity contribution in [3.05, 3.63) is 12.2 Å². The second-order valence-electron chi connectivity index (χ2n) is 2.42. The zero-order valence-electron chi connectivity index (χ0n) is 9.20. The van der Waals surface area contributed by atoms with Crippen molar-refractivity contribution in [2.45, 2.75) is 13.3 Å². The van der Waals surface area contributed by atoms with Crippen LogP contribution in [0.3, 0.4) is 0 Å². The van der Waals surface area contributed by atoms with Crippen LogP contribution in [0.2, 0.25) is 0 Å². The molecule has 8 heteroatoms. The first-order chi connectivity index (χ1) is 7.15. The Balaban J connectivity index is -0.000000166. The Morgan fingerprint density at radius 1 is 1.25 bits per heavy atom. The molecule has 0 saturated carbocycles. The molecule has 0 radical (unpaired) electrons. The van der Waals surface area contributed by atoms with Gasteiger partial charge in [-0.25, -0.2) is 0 Å². The zero-order valence-corrected chi connectivity index (χ0v) is 10.0. The smallest absolute Gasteiger partial charge is 0.300 e. The molecular formula is C8H18O7S. The third-order valence-electron chi connectivity index (χ3n) is 0.568. The van der Waals surface area contributed by atoms with Gasteiger partial charge in [0.25, 0.3) is 16.1 Å². The monoisotopic (exact) mass is 258 g/mol. The lowest BCUT2D eigenvalue weighted by Crippen LogP contribution is -1.88. The molecule has 0 aromatic carbocycles. The normalized spacial score (nSPS) is 9.81. The number of hydrogen-bond acceptors (Lipinski definition) is 5. The summed E-state index contributed by atoms with van der Waals surface area (Å²) in [4.78, 5) is 9.00. The Bertz CT molecular complexity index is 256. The summed E-state index contributed by atoms with van der Waals surface area (Å²) in [6, 6.07) is 0. The summed E-state index contributed by atoms with van der Waals surface area (Å²) < 4.78 is 25.9. The fourth-order valence-corrected chi connectivity index (χ4v) is 0.267. The Labute approximate surface area is 94.8 Å². The van der Waals surface area contributed by atoms with Crippen LogP contribution >= 0.6 is 0 Å². The summed E-state index contributed by atoms with van der Waals surface area (Å²) in [6.07, 6.45) is 4.70. The molecule has 0 unspecified atom stereocenters. The number of carboxylic acid groups (broad SMARTS) is 1. The van der Waals surface area contributed by atoms with Crippen molar-refractivity contribution in [2.24, 2.45) is 0 Å². The number of hydrogen-bond donors (Lipinski definition) is 4. The van der Waals surface area contributed by atoms with Crippen LogP contribution in [-0.2, 0) is 14.9 Å².